The number of thiophene rings is 1. The highest BCUT2D eigenvalue weighted by atomic mass is 35.5. The van der Waals surface area contributed by atoms with Crippen molar-refractivity contribution in [1.82, 2.24) is 0 Å². The van der Waals surface area contributed by atoms with Gasteiger partial charge in [-0.15, -0.1) is 11.3 Å². The number of rotatable bonds is 4. The summed E-state index contributed by atoms with van der Waals surface area (Å²) in [6.45, 7) is 0.891. The van der Waals surface area contributed by atoms with Gasteiger partial charge in [-0.2, -0.15) is 0 Å². The van der Waals surface area contributed by atoms with Crippen molar-refractivity contribution in [3.8, 4) is 11.5 Å². The molecule has 9 heteroatoms. The number of fused-ring (bicyclic) bond motifs is 1. The van der Waals surface area contributed by atoms with E-state index in [1.54, 1.807) is 36.4 Å². The van der Waals surface area contributed by atoms with Crippen LogP contribution in [0.4, 0.5) is 10.7 Å². The summed E-state index contributed by atoms with van der Waals surface area (Å²) < 4.78 is 16.0. The van der Waals surface area contributed by atoms with E-state index in [9.17, 15) is 9.59 Å². The van der Waals surface area contributed by atoms with E-state index in [-0.39, 0.29) is 17.6 Å². The molecule has 2 amide bonds. The van der Waals surface area contributed by atoms with Gasteiger partial charge in [0.25, 0.3) is 11.8 Å². The van der Waals surface area contributed by atoms with Crippen LogP contribution in [0.25, 0.3) is 0 Å². The van der Waals surface area contributed by atoms with Crippen LogP contribution in [0.2, 0.25) is 5.02 Å². The lowest BCUT2D eigenvalue weighted by atomic mass is 10.2. The monoisotopic (exact) mass is 404 g/mol. The minimum Gasteiger partial charge on any atom is -0.486 e. The zero-order valence-corrected chi connectivity index (χ0v) is 15.4. The fourth-order valence-electron chi connectivity index (χ4n) is 2.45. The fourth-order valence-corrected chi connectivity index (χ4v) is 3.45. The quantitative estimate of drug-likeness (QED) is 0.677. The first-order valence-corrected chi connectivity index (χ1v) is 9.15. The molecule has 2 N–H and O–H groups in total. The summed E-state index contributed by atoms with van der Waals surface area (Å²) in [5, 5.41) is 6.29. The maximum Gasteiger partial charge on any atom is 0.291 e. The zero-order chi connectivity index (χ0) is 18.8. The Bertz CT molecular complexity index is 999. The number of nitrogens with one attached hydrogen (secondary N) is 2. The van der Waals surface area contributed by atoms with Crippen LogP contribution in [0.1, 0.15) is 20.2 Å². The van der Waals surface area contributed by atoms with Crippen molar-refractivity contribution < 1.29 is 23.5 Å². The van der Waals surface area contributed by atoms with Crippen molar-refractivity contribution in [2.24, 2.45) is 0 Å². The Morgan fingerprint density at radius 2 is 1.78 bits per heavy atom. The third-order valence-electron chi connectivity index (χ3n) is 3.69. The molecule has 3 heterocycles. The first-order valence-electron chi connectivity index (χ1n) is 7.95. The lowest BCUT2D eigenvalue weighted by Crippen LogP contribution is -2.16. The lowest BCUT2D eigenvalue weighted by molar-refractivity contribution is 0.0995. The predicted octanol–water partition coefficient (Wildman–Crippen LogP) is 4.27. The number of hydrogen-bond acceptors (Lipinski definition) is 6. The maximum absolute atomic E-state index is 12.5. The molecule has 4 rings (SSSR count). The van der Waals surface area contributed by atoms with E-state index in [4.69, 9.17) is 25.5 Å². The number of carbonyl (C=O) groups excluding carboxylic acids is 2. The number of hydrogen-bond donors (Lipinski definition) is 2. The molecule has 0 saturated heterocycles. The van der Waals surface area contributed by atoms with Crippen LogP contribution in [-0.4, -0.2) is 25.0 Å². The van der Waals surface area contributed by atoms with Gasteiger partial charge in [-0.05, 0) is 24.3 Å². The molecule has 0 saturated carbocycles. The molecule has 1 aromatic carbocycles. The summed E-state index contributed by atoms with van der Waals surface area (Å²) in [6, 6.07) is 9.67. The largest absolute Gasteiger partial charge is 0.486 e. The molecule has 0 fully saturated rings. The minimum atomic E-state index is -0.385. The Morgan fingerprint density at radius 1 is 1.00 bits per heavy atom. The summed E-state index contributed by atoms with van der Waals surface area (Å²) in [7, 11) is 0. The highest BCUT2D eigenvalue weighted by molar-refractivity contribution is 7.18. The van der Waals surface area contributed by atoms with Crippen LogP contribution < -0.4 is 20.1 Å². The smallest absolute Gasteiger partial charge is 0.291 e. The third-order valence-corrected chi connectivity index (χ3v) is 5.00. The van der Waals surface area contributed by atoms with Crippen molar-refractivity contribution in [2.75, 3.05) is 23.8 Å². The van der Waals surface area contributed by atoms with Crippen LogP contribution in [0.3, 0.4) is 0 Å². The van der Waals surface area contributed by atoms with Crippen molar-refractivity contribution in [2.45, 2.75) is 0 Å². The summed E-state index contributed by atoms with van der Waals surface area (Å²) in [6.07, 6.45) is 1.42. The Morgan fingerprint density at radius 3 is 2.52 bits per heavy atom. The van der Waals surface area contributed by atoms with Crippen molar-refractivity contribution in [1.29, 1.82) is 0 Å². The number of halogens is 1. The van der Waals surface area contributed by atoms with E-state index in [1.807, 2.05) is 0 Å². The first-order chi connectivity index (χ1) is 13.1. The van der Waals surface area contributed by atoms with E-state index in [2.05, 4.69) is 10.6 Å². The molecule has 27 heavy (non-hydrogen) atoms. The second-order valence-electron chi connectivity index (χ2n) is 5.53. The van der Waals surface area contributed by atoms with Gasteiger partial charge in [0, 0.05) is 12.1 Å². The van der Waals surface area contributed by atoms with Crippen LogP contribution in [0, 0.1) is 0 Å². The number of carbonyl (C=O) groups is 2. The number of furan rings is 1. The molecule has 0 atom stereocenters. The van der Waals surface area contributed by atoms with Gasteiger partial charge >= 0.3 is 0 Å². The second-order valence-corrected chi connectivity index (χ2v) is 7.02. The number of amides is 2. The van der Waals surface area contributed by atoms with Gasteiger partial charge in [0.05, 0.1) is 26.9 Å². The van der Waals surface area contributed by atoms with Crippen LogP contribution in [-0.2, 0) is 0 Å². The first kappa shape index (κ1) is 17.4. The second kappa shape index (κ2) is 7.34. The molecule has 0 spiro atoms. The Hall–Kier alpha value is -2.97. The molecule has 138 valence electrons. The van der Waals surface area contributed by atoms with Gasteiger partial charge in [-0.3, -0.25) is 9.59 Å². The average Bonchev–Trinajstić information content (AvgIpc) is 3.34. The summed E-state index contributed by atoms with van der Waals surface area (Å²) >= 11 is 7.35. The molecule has 0 radical (unpaired) electrons. The summed E-state index contributed by atoms with van der Waals surface area (Å²) in [5.74, 6) is 0.528. The van der Waals surface area contributed by atoms with Crippen molar-refractivity contribution >= 4 is 45.4 Å². The SMILES string of the molecule is O=C(Nc1ccc(C(=O)Nc2cc3c(cc2Cl)OCCO3)s1)c1ccco1. The van der Waals surface area contributed by atoms with Gasteiger partial charge in [-0.25, -0.2) is 0 Å². The van der Waals surface area contributed by atoms with E-state index in [1.165, 1.54) is 6.26 Å². The van der Waals surface area contributed by atoms with Gasteiger partial charge in [0.1, 0.15) is 13.2 Å². The number of benzene rings is 1. The highest BCUT2D eigenvalue weighted by Crippen LogP contribution is 2.38. The topological polar surface area (TPSA) is 89.8 Å². The number of ether oxygens (including phenoxy) is 2. The standard InChI is InChI=1S/C18H13ClN2O5S/c19-10-8-13-14(26-7-6-25-13)9-11(10)20-18(23)15-3-4-16(27-15)21-17(22)12-2-1-5-24-12/h1-5,8-9H,6-7H2,(H,20,23)(H,21,22). The lowest BCUT2D eigenvalue weighted by Gasteiger charge is -2.19. The molecule has 7 nitrogen and oxygen atoms in total. The predicted molar refractivity (Wildman–Crippen MR) is 101 cm³/mol. The molecule has 1 aliphatic rings. The Labute approximate surface area is 162 Å². The molecular formula is C18H13ClN2O5S. The molecule has 0 unspecified atom stereocenters. The van der Waals surface area contributed by atoms with Crippen molar-refractivity contribution in [3.05, 3.63) is 58.3 Å². The van der Waals surface area contributed by atoms with E-state index in [0.29, 0.717) is 45.3 Å². The average molecular weight is 405 g/mol. The highest BCUT2D eigenvalue weighted by Gasteiger charge is 2.18. The summed E-state index contributed by atoms with van der Waals surface area (Å²) in [5.41, 5.74) is 0.417. The molecule has 0 aliphatic carbocycles. The minimum absolute atomic E-state index is 0.192. The summed E-state index contributed by atoms with van der Waals surface area (Å²) in [4.78, 5) is 24.9. The third kappa shape index (κ3) is 3.76. The normalized spacial score (nSPS) is 12.5. The van der Waals surface area contributed by atoms with Gasteiger partial charge in [0.2, 0.25) is 0 Å². The maximum atomic E-state index is 12.5. The Balaban J connectivity index is 1.46. The van der Waals surface area contributed by atoms with E-state index in [0.717, 1.165) is 11.3 Å². The Kier molecular flexibility index (Phi) is 4.74. The van der Waals surface area contributed by atoms with E-state index < -0.39 is 0 Å². The number of anilines is 2. The van der Waals surface area contributed by atoms with Gasteiger partial charge < -0.3 is 24.5 Å². The molecule has 3 aromatic rings. The van der Waals surface area contributed by atoms with Crippen LogP contribution in [0.15, 0.2) is 47.1 Å². The molecule has 2 aromatic heterocycles. The fraction of sp³-hybridized carbons (Fsp3) is 0.111. The molecular weight excluding hydrogens is 392 g/mol. The van der Waals surface area contributed by atoms with Gasteiger partial charge in [-0.1, -0.05) is 11.6 Å². The zero-order valence-electron chi connectivity index (χ0n) is 13.8. The molecule has 1 aliphatic heterocycles. The van der Waals surface area contributed by atoms with Crippen LogP contribution >= 0.6 is 22.9 Å². The van der Waals surface area contributed by atoms with E-state index >= 15 is 0 Å². The molecule has 0 bridgehead atoms. The van der Waals surface area contributed by atoms with Crippen LogP contribution in [0.5, 0.6) is 11.5 Å². The van der Waals surface area contributed by atoms with Crippen molar-refractivity contribution in [3.63, 3.8) is 0 Å². The van der Waals surface area contributed by atoms with Gasteiger partial charge in [0.15, 0.2) is 17.3 Å².